The largest absolute Gasteiger partial charge is 0.513 e. The fourth-order valence-corrected chi connectivity index (χ4v) is 1.55. The summed E-state index contributed by atoms with van der Waals surface area (Å²) in [5.41, 5.74) is 0. The van der Waals surface area contributed by atoms with Gasteiger partial charge in [0.1, 0.15) is 0 Å². The first kappa shape index (κ1) is 10.4. The third-order valence-electron chi connectivity index (χ3n) is 1.34. The Balaban J connectivity index is 4.31. The molecule has 1 unspecified atom stereocenters. The molecule has 0 spiro atoms. The lowest BCUT2D eigenvalue weighted by Crippen LogP contribution is -2.19. The molecule has 4 nitrogen and oxygen atoms in total. The van der Waals surface area contributed by atoms with Crippen molar-refractivity contribution in [3.8, 4) is 0 Å². The van der Waals surface area contributed by atoms with Crippen LogP contribution in [0, 0.1) is 0 Å². The van der Waals surface area contributed by atoms with Gasteiger partial charge in [0.2, 0.25) is 0 Å². The molecule has 5 heteroatoms. The van der Waals surface area contributed by atoms with E-state index >= 15 is 0 Å². The minimum atomic E-state index is -4.03. The monoisotopic (exact) mass is 180 g/mol. The molecule has 66 valence electrons. The van der Waals surface area contributed by atoms with E-state index in [1.165, 1.54) is 0 Å². The van der Waals surface area contributed by atoms with E-state index in [0.29, 0.717) is 0 Å². The Bertz CT molecular complexity index is 229. The first-order valence-corrected chi connectivity index (χ1v) is 4.71. The van der Waals surface area contributed by atoms with Gasteiger partial charge in [-0.3, -0.25) is 4.55 Å². The molecule has 0 aliphatic heterocycles. The highest BCUT2D eigenvalue weighted by molar-refractivity contribution is 7.86. The number of aliphatic hydroxyl groups is 1. The zero-order valence-corrected chi connectivity index (χ0v) is 7.13. The highest BCUT2D eigenvalue weighted by Crippen LogP contribution is 2.11. The van der Waals surface area contributed by atoms with Crippen molar-refractivity contribution in [2.24, 2.45) is 0 Å². The quantitative estimate of drug-likeness (QED) is 0.502. The van der Waals surface area contributed by atoms with Gasteiger partial charge in [0.25, 0.3) is 10.1 Å². The molecule has 1 atom stereocenters. The Morgan fingerprint density at radius 3 is 2.18 bits per heavy atom. The van der Waals surface area contributed by atoms with Crippen molar-refractivity contribution in [3.05, 3.63) is 12.3 Å². The van der Waals surface area contributed by atoms with Crippen molar-refractivity contribution in [1.29, 1.82) is 0 Å². The second-order valence-corrected chi connectivity index (χ2v) is 4.01. The molecule has 2 N–H and O–H groups in total. The summed E-state index contributed by atoms with van der Waals surface area (Å²) in [6, 6.07) is 0. The van der Waals surface area contributed by atoms with E-state index in [2.05, 4.69) is 6.58 Å². The van der Waals surface area contributed by atoms with Crippen molar-refractivity contribution in [2.45, 2.75) is 25.0 Å². The maximum absolute atomic E-state index is 10.5. The molecule has 0 aliphatic rings. The van der Waals surface area contributed by atoms with Gasteiger partial charge in [0, 0.05) is 6.42 Å². The van der Waals surface area contributed by atoms with Gasteiger partial charge in [-0.1, -0.05) is 13.5 Å². The Morgan fingerprint density at radius 2 is 2.09 bits per heavy atom. The van der Waals surface area contributed by atoms with Crippen molar-refractivity contribution < 1.29 is 18.1 Å². The van der Waals surface area contributed by atoms with Crippen LogP contribution in [0.25, 0.3) is 0 Å². The zero-order chi connectivity index (χ0) is 9.07. The van der Waals surface area contributed by atoms with Crippen LogP contribution >= 0.6 is 0 Å². The third kappa shape index (κ3) is 4.00. The number of hydrogen-bond donors (Lipinski definition) is 2. The summed E-state index contributed by atoms with van der Waals surface area (Å²) in [5.74, 6) is -0.227. The SMILES string of the molecule is C=C(O)CC(CC)S(=O)(=O)O. The second kappa shape index (κ2) is 3.73. The molecular weight excluding hydrogens is 168 g/mol. The van der Waals surface area contributed by atoms with Crippen LogP contribution in [-0.2, 0) is 10.1 Å². The first-order chi connectivity index (χ1) is 4.88. The summed E-state index contributed by atoms with van der Waals surface area (Å²) in [7, 11) is -4.03. The molecule has 0 bridgehead atoms. The van der Waals surface area contributed by atoms with E-state index in [1.54, 1.807) is 6.92 Å². The summed E-state index contributed by atoms with van der Waals surface area (Å²) >= 11 is 0. The number of aliphatic hydroxyl groups excluding tert-OH is 1. The van der Waals surface area contributed by atoms with Gasteiger partial charge < -0.3 is 5.11 Å². The molecule has 0 saturated carbocycles. The average molecular weight is 180 g/mol. The highest BCUT2D eigenvalue weighted by atomic mass is 32.2. The predicted octanol–water partition coefficient (Wildman–Crippen LogP) is 1.11. The molecule has 0 saturated heterocycles. The fraction of sp³-hybridized carbons (Fsp3) is 0.667. The maximum atomic E-state index is 10.5. The summed E-state index contributed by atoms with van der Waals surface area (Å²) in [6.07, 6.45) is 0.160. The van der Waals surface area contributed by atoms with Crippen LogP contribution in [0.4, 0.5) is 0 Å². The molecule has 0 fully saturated rings. The van der Waals surface area contributed by atoms with Crippen molar-refractivity contribution in [1.82, 2.24) is 0 Å². The third-order valence-corrected chi connectivity index (χ3v) is 2.68. The maximum Gasteiger partial charge on any atom is 0.268 e. The van der Waals surface area contributed by atoms with Crippen LogP contribution in [-0.4, -0.2) is 23.3 Å². The zero-order valence-electron chi connectivity index (χ0n) is 6.32. The Morgan fingerprint density at radius 1 is 1.64 bits per heavy atom. The molecule has 0 rings (SSSR count). The predicted molar refractivity (Wildman–Crippen MR) is 42.0 cm³/mol. The summed E-state index contributed by atoms with van der Waals surface area (Å²) in [6.45, 7) is 4.75. The highest BCUT2D eigenvalue weighted by Gasteiger charge is 2.21. The molecular formula is C6H12O4S. The number of rotatable bonds is 4. The molecule has 0 aliphatic carbocycles. The van der Waals surface area contributed by atoms with Gasteiger partial charge in [-0.15, -0.1) is 0 Å². The van der Waals surface area contributed by atoms with Gasteiger partial charge in [-0.25, -0.2) is 0 Å². The number of allylic oxidation sites excluding steroid dienone is 1. The van der Waals surface area contributed by atoms with Gasteiger partial charge >= 0.3 is 0 Å². The Hall–Kier alpha value is -0.550. The van der Waals surface area contributed by atoms with Crippen molar-refractivity contribution in [2.75, 3.05) is 0 Å². The Kier molecular flexibility index (Phi) is 3.54. The lowest BCUT2D eigenvalue weighted by molar-refractivity contribution is 0.378. The molecule has 0 radical (unpaired) electrons. The normalized spacial score (nSPS) is 14.4. The van der Waals surface area contributed by atoms with E-state index in [1.807, 2.05) is 0 Å². The van der Waals surface area contributed by atoms with E-state index < -0.39 is 15.4 Å². The van der Waals surface area contributed by atoms with Crippen LogP contribution in [0.5, 0.6) is 0 Å². The molecule has 0 heterocycles. The molecule has 0 aromatic rings. The van der Waals surface area contributed by atoms with Crippen LogP contribution in [0.15, 0.2) is 12.3 Å². The van der Waals surface area contributed by atoms with E-state index in [-0.39, 0.29) is 18.6 Å². The van der Waals surface area contributed by atoms with Crippen LogP contribution in [0.1, 0.15) is 19.8 Å². The van der Waals surface area contributed by atoms with Gasteiger partial charge in [0.05, 0.1) is 11.0 Å². The molecule has 0 amide bonds. The topological polar surface area (TPSA) is 74.6 Å². The summed E-state index contributed by atoms with van der Waals surface area (Å²) in [4.78, 5) is 0. The second-order valence-electron chi connectivity index (χ2n) is 2.32. The molecule has 0 aromatic carbocycles. The van der Waals surface area contributed by atoms with Gasteiger partial charge in [-0.05, 0) is 6.42 Å². The minimum Gasteiger partial charge on any atom is -0.513 e. The molecule has 0 aromatic heterocycles. The lowest BCUT2D eigenvalue weighted by Gasteiger charge is -2.09. The first-order valence-electron chi connectivity index (χ1n) is 3.21. The minimum absolute atomic E-state index is 0.102. The van der Waals surface area contributed by atoms with Gasteiger partial charge in [-0.2, -0.15) is 8.42 Å². The summed E-state index contributed by atoms with van der Waals surface area (Å²) in [5, 5.41) is 7.72. The van der Waals surface area contributed by atoms with Crippen LogP contribution in [0.2, 0.25) is 0 Å². The van der Waals surface area contributed by atoms with E-state index in [0.717, 1.165) is 0 Å². The summed E-state index contributed by atoms with van der Waals surface area (Å²) < 4.78 is 29.5. The average Bonchev–Trinajstić information content (AvgIpc) is 1.79. The Labute approximate surface area is 66.3 Å². The standard InChI is InChI=1S/C6H12O4S/c1-3-6(4-5(2)7)11(8,9)10/h6-7H,2-4H2,1H3,(H,8,9,10). The van der Waals surface area contributed by atoms with E-state index in [4.69, 9.17) is 9.66 Å². The van der Waals surface area contributed by atoms with E-state index in [9.17, 15) is 8.42 Å². The van der Waals surface area contributed by atoms with Crippen molar-refractivity contribution in [3.63, 3.8) is 0 Å². The van der Waals surface area contributed by atoms with Gasteiger partial charge in [0.15, 0.2) is 0 Å². The fourth-order valence-electron chi connectivity index (χ4n) is 0.723. The van der Waals surface area contributed by atoms with Crippen LogP contribution in [0.3, 0.4) is 0 Å². The smallest absolute Gasteiger partial charge is 0.268 e. The molecule has 11 heavy (non-hydrogen) atoms. The lowest BCUT2D eigenvalue weighted by atomic mass is 10.2. The number of hydrogen-bond acceptors (Lipinski definition) is 3. The van der Waals surface area contributed by atoms with Crippen molar-refractivity contribution >= 4 is 10.1 Å². The van der Waals surface area contributed by atoms with Crippen LogP contribution < -0.4 is 0 Å².